The minimum absolute atomic E-state index is 0.718. The van der Waals surface area contributed by atoms with Crippen molar-refractivity contribution >= 4 is 27.4 Å². The third-order valence-corrected chi connectivity index (χ3v) is 6.57. The van der Waals surface area contributed by atoms with E-state index in [4.69, 9.17) is 4.37 Å². The number of nitrogens with zero attached hydrogens (tertiary/aromatic N) is 4. The topological polar surface area (TPSA) is 43.2 Å². The normalized spacial score (nSPS) is 14.7. The standard InChI is InChI=1S/C25H22N4S/c26-17-21-5-1-2-6-22(21)20-11-9-19(10-12-20)18-28-13-15-29(16-14-28)25-23-7-3-4-8-24(23)30-27-25/h1-12H,13-16,18H2. The van der Waals surface area contributed by atoms with Crippen molar-refractivity contribution in [2.75, 3.05) is 31.1 Å². The van der Waals surface area contributed by atoms with Crippen LogP contribution in [0.5, 0.6) is 0 Å². The highest BCUT2D eigenvalue weighted by atomic mass is 32.1. The van der Waals surface area contributed by atoms with Gasteiger partial charge in [-0.05, 0) is 46.4 Å². The summed E-state index contributed by atoms with van der Waals surface area (Å²) in [6, 6.07) is 27.2. The molecule has 0 saturated carbocycles. The minimum Gasteiger partial charge on any atom is -0.353 e. The molecule has 0 atom stereocenters. The highest BCUT2D eigenvalue weighted by molar-refractivity contribution is 7.13. The molecule has 1 aromatic heterocycles. The molecule has 3 aromatic carbocycles. The summed E-state index contributed by atoms with van der Waals surface area (Å²) in [4.78, 5) is 4.92. The van der Waals surface area contributed by atoms with Gasteiger partial charge in [0.15, 0.2) is 0 Å². The first-order valence-corrected chi connectivity index (χ1v) is 11.0. The van der Waals surface area contributed by atoms with E-state index in [1.807, 2.05) is 24.3 Å². The molecule has 1 aliphatic rings. The molecule has 1 saturated heterocycles. The van der Waals surface area contributed by atoms with Crippen LogP contribution >= 0.6 is 11.5 Å². The molecule has 0 radical (unpaired) electrons. The van der Waals surface area contributed by atoms with Gasteiger partial charge in [-0.15, -0.1) is 0 Å². The molecule has 0 spiro atoms. The van der Waals surface area contributed by atoms with Crippen molar-refractivity contribution in [2.24, 2.45) is 0 Å². The number of anilines is 1. The number of nitriles is 1. The van der Waals surface area contributed by atoms with E-state index in [2.05, 4.69) is 64.4 Å². The lowest BCUT2D eigenvalue weighted by Crippen LogP contribution is -2.46. The van der Waals surface area contributed by atoms with Crippen LogP contribution in [0.3, 0.4) is 0 Å². The van der Waals surface area contributed by atoms with E-state index in [9.17, 15) is 5.26 Å². The Hall–Kier alpha value is -3.20. The van der Waals surface area contributed by atoms with Crippen LogP contribution in [0.4, 0.5) is 5.82 Å². The zero-order chi connectivity index (χ0) is 20.3. The molecule has 5 rings (SSSR count). The van der Waals surface area contributed by atoms with Gasteiger partial charge in [-0.1, -0.05) is 54.6 Å². The van der Waals surface area contributed by atoms with Crippen molar-refractivity contribution < 1.29 is 0 Å². The van der Waals surface area contributed by atoms with Gasteiger partial charge in [0.1, 0.15) is 5.82 Å². The van der Waals surface area contributed by atoms with Crippen LogP contribution < -0.4 is 4.90 Å². The van der Waals surface area contributed by atoms with Gasteiger partial charge in [0, 0.05) is 38.1 Å². The second-order valence-corrected chi connectivity index (χ2v) is 8.42. The summed E-state index contributed by atoms with van der Waals surface area (Å²) in [5.41, 5.74) is 4.11. The first-order valence-electron chi connectivity index (χ1n) is 10.2. The SMILES string of the molecule is N#Cc1ccccc1-c1ccc(CN2CCN(c3nsc4ccccc34)CC2)cc1. The highest BCUT2D eigenvalue weighted by Crippen LogP contribution is 2.30. The fraction of sp³-hybridized carbons (Fsp3) is 0.200. The summed E-state index contributed by atoms with van der Waals surface area (Å²) in [5.74, 6) is 1.13. The van der Waals surface area contributed by atoms with Crippen LogP contribution in [0, 0.1) is 11.3 Å². The molecule has 2 heterocycles. The highest BCUT2D eigenvalue weighted by Gasteiger charge is 2.20. The Morgan fingerprint density at radius 2 is 1.60 bits per heavy atom. The summed E-state index contributed by atoms with van der Waals surface area (Å²) in [6.07, 6.45) is 0. The Morgan fingerprint density at radius 3 is 2.40 bits per heavy atom. The van der Waals surface area contributed by atoms with Gasteiger partial charge in [-0.3, -0.25) is 4.90 Å². The molecule has 0 bridgehead atoms. The molecular weight excluding hydrogens is 388 g/mol. The second kappa shape index (κ2) is 8.27. The predicted molar refractivity (Wildman–Crippen MR) is 124 cm³/mol. The van der Waals surface area contributed by atoms with Crippen molar-refractivity contribution in [2.45, 2.75) is 6.54 Å². The number of aromatic nitrogens is 1. The Kier molecular flexibility index (Phi) is 5.18. The monoisotopic (exact) mass is 410 g/mol. The molecule has 1 aliphatic heterocycles. The number of benzene rings is 3. The molecule has 0 unspecified atom stereocenters. The lowest BCUT2D eigenvalue weighted by molar-refractivity contribution is 0.249. The molecule has 0 N–H and O–H groups in total. The fourth-order valence-electron chi connectivity index (χ4n) is 4.10. The van der Waals surface area contributed by atoms with Crippen molar-refractivity contribution in [1.82, 2.24) is 9.27 Å². The minimum atomic E-state index is 0.718. The lowest BCUT2D eigenvalue weighted by atomic mass is 9.99. The first-order chi connectivity index (χ1) is 14.8. The van der Waals surface area contributed by atoms with Gasteiger partial charge in [0.25, 0.3) is 0 Å². The third-order valence-electron chi connectivity index (χ3n) is 5.75. The van der Waals surface area contributed by atoms with Crippen molar-refractivity contribution in [3.63, 3.8) is 0 Å². The number of hydrogen-bond donors (Lipinski definition) is 0. The van der Waals surface area contributed by atoms with Crippen molar-refractivity contribution in [3.8, 4) is 17.2 Å². The van der Waals surface area contributed by atoms with Crippen LogP contribution in [0.1, 0.15) is 11.1 Å². The van der Waals surface area contributed by atoms with Crippen LogP contribution in [0.2, 0.25) is 0 Å². The molecule has 30 heavy (non-hydrogen) atoms. The van der Waals surface area contributed by atoms with Crippen molar-refractivity contribution in [1.29, 1.82) is 5.26 Å². The Labute approximate surface area is 180 Å². The molecule has 5 heteroatoms. The van der Waals surface area contributed by atoms with Crippen LogP contribution in [0.15, 0.2) is 72.8 Å². The maximum Gasteiger partial charge on any atom is 0.150 e. The van der Waals surface area contributed by atoms with E-state index in [0.717, 1.165) is 55.2 Å². The molecule has 4 aromatic rings. The first kappa shape index (κ1) is 18.8. The number of fused-ring (bicyclic) bond motifs is 1. The van der Waals surface area contributed by atoms with Gasteiger partial charge in [0.2, 0.25) is 0 Å². The zero-order valence-corrected chi connectivity index (χ0v) is 17.5. The lowest BCUT2D eigenvalue weighted by Gasteiger charge is -2.35. The second-order valence-electron chi connectivity index (χ2n) is 7.62. The summed E-state index contributed by atoms with van der Waals surface area (Å²) in [5, 5.41) is 10.6. The van der Waals surface area contributed by atoms with Crippen LogP contribution in [-0.2, 0) is 6.54 Å². The Bertz CT molecular complexity index is 1200. The van der Waals surface area contributed by atoms with Gasteiger partial charge in [-0.25, -0.2) is 0 Å². The summed E-state index contributed by atoms with van der Waals surface area (Å²) in [7, 11) is 0. The summed E-state index contributed by atoms with van der Waals surface area (Å²) in [6.45, 7) is 5.02. The summed E-state index contributed by atoms with van der Waals surface area (Å²) >= 11 is 1.59. The number of rotatable bonds is 4. The molecule has 1 fully saturated rings. The quantitative estimate of drug-likeness (QED) is 0.466. The average Bonchev–Trinajstić information content (AvgIpc) is 3.24. The van der Waals surface area contributed by atoms with E-state index in [0.29, 0.717) is 0 Å². The maximum atomic E-state index is 9.33. The van der Waals surface area contributed by atoms with Gasteiger partial charge >= 0.3 is 0 Å². The van der Waals surface area contributed by atoms with E-state index >= 15 is 0 Å². The van der Waals surface area contributed by atoms with Gasteiger partial charge < -0.3 is 4.90 Å². The van der Waals surface area contributed by atoms with E-state index in [1.165, 1.54) is 15.6 Å². The number of piperazine rings is 1. The smallest absolute Gasteiger partial charge is 0.150 e. The largest absolute Gasteiger partial charge is 0.353 e. The zero-order valence-electron chi connectivity index (χ0n) is 16.7. The van der Waals surface area contributed by atoms with Crippen LogP contribution in [-0.4, -0.2) is 35.5 Å². The molecule has 148 valence electrons. The van der Waals surface area contributed by atoms with Gasteiger partial charge in [-0.2, -0.15) is 9.64 Å². The van der Waals surface area contributed by atoms with E-state index < -0.39 is 0 Å². The Morgan fingerprint density at radius 1 is 0.867 bits per heavy atom. The Balaban J connectivity index is 1.23. The fourth-order valence-corrected chi connectivity index (χ4v) is 4.89. The molecule has 4 nitrogen and oxygen atoms in total. The number of hydrogen-bond acceptors (Lipinski definition) is 5. The summed E-state index contributed by atoms with van der Waals surface area (Å²) < 4.78 is 5.96. The van der Waals surface area contributed by atoms with E-state index in [1.54, 1.807) is 11.5 Å². The van der Waals surface area contributed by atoms with E-state index in [-0.39, 0.29) is 0 Å². The van der Waals surface area contributed by atoms with Crippen molar-refractivity contribution in [3.05, 3.63) is 83.9 Å². The molecule has 0 aliphatic carbocycles. The third kappa shape index (κ3) is 3.68. The van der Waals surface area contributed by atoms with Crippen LogP contribution in [0.25, 0.3) is 21.2 Å². The maximum absolute atomic E-state index is 9.33. The predicted octanol–water partition coefficient (Wildman–Crippen LogP) is 5.16. The van der Waals surface area contributed by atoms with Gasteiger partial charge in [0.05, 0.1) is 16.3 Å². The molecule has 0 amide bonds. The molecular formula is C25H22N4S. The average molecular weight is 411 g/mol.